The number of hydrogen-bond acceptors (Lipinski definition) is 4. The first-order valence-corrected chi connectivity index (χ1v) is 9.97. The summed E-state index contributed by atoms with van der Waals surface area (Å²) in [6.45, 7) is 0.755. The molecule has 0 amide bonds. The van der Waals surface area contributed by atoms with Crippen LogP contribution in [-0.2, 0) is 17.7 Å². The van der Waals surface area contributed by atoms with E-state index >= 15 is 0 Å². The van der Waals surface area contributed by atoms with E-state index in [9.17, 15) is 4.79 Å². The molecule has 0 saturated carbocycles. The molecule has 1 aromatic carbocycles. The molecule has 130 valence electrons. The fourth-order valence-corrected chi connectivity index (χ4v) is 4.78. The van der Waals surface area contributed by atoms with E-state index in [4.69, 9.17) is 4.74 Å². The van der Waals surface area contributed by atoms with Gasteiger partial charge >= 0.3 is 5.97 Å². The predicted octanol–water partition coefficient (Wildman–Crippen LogP) is 4.95. The van der Waals surface area contributed by atoms with Crippen molar-refractivity contribution >= 4 is 44.1 Å². The molecule has 2 heterocycles. The van der Waals surface area contributed by atoms with Crippen molar-refractivity contribution in [1.29, 1.82) is 0 Å². The van der Waals surface area contributed by atoms with Crippen molar-refractivity contribution in [2.45, 2.75) is 31.8 Å². The lowest BCUT2D eigenvalue weighted by atomic mass is 9.91. The average Bonchev–Trinajstić information content (AvgIpc) is 3.24. The van der Waals surface area contributed by atoms with Gasteiger partial charge in [0.05, 0.1) is 7.11 Å². The van der Waals surface area contributed by atoms with Crippen LogP contribution in [0.4, 0.5) is 0 Å². The number of rotatable bonds is 4. The maximum atomic E-state index is 11.6. The lowest BCUT2D eigenvalue weighted by molar-refractivity contribution is 0.0606. The lowest BCUT2D eigenvalue weighted by Crippen LogP contribution is -2.24. The predicted molar refractivity (Wildman–Crippen MR) is 104 cm³/mol. The molecule has 2 aromatic heterocycles. The summed E-state index contributed by atoms with van der Waals surface area (Å²) in [6.07, 6.45) is 3.42. The molecular formula is C19H19BrN2O2S. The van der Waals surface area contributed by atoms with Gasteiger partial charge in [0.1, 0.15) is 4.88 Å². The zero-order chi connectivity index (χ0) is 17.4. The van der Waals surface area contributed by atoms with E-state index in [2.05, 4.69) is 44.4 Å². The lowest BCUT2D eigenvalue weighted by Gasteiger charge is -2.23. The first-order chi connectivity index (χ1) is 12.2. The zero-order valence-corrected chi connectivity index (χ0v) is 16.3. The average molecular weight is 419 g/mol. The first kappa shape index (κ1) is 16.8. The largest absolute Gasteiger partial charge is 0.465 e. The number of esters is 1. The second-order valence-corrected chi connectivity index (χ2v) is 8.37. The molecule has 0 fully saturated rings. The van der Waals surface area contributed by atoms with Gasteiger partial charge in [-0.3, -0.25) is 0 Å². The number of carbonyl (C=O) groups excluding carboxylic acids is 1. The highest BCUT2D eigenvalue weighted by atomic mass is 79.9. The van der Waals surface area contributed by atoms with Crippen LogP contribution in [0, 0.1) is 0 Å². The van der Waals surface area contributed by atoms with E-state index in [0.29, 0.717) is 10.9 Å². The fourth-order valence-electron chi connectivity index (χ4n) is 3.55. The molecule has 4 rings (SSSR count). The Bertz CT molecular complexity index is 931. The number of aromatic amines is 1. The molecule has 1 aliphatic rings. The second kappa shape index (κ2) is 6.94. The number of hydrogen-bond donors (Lipinski definition) is 2. The number of fused-ring (bicyclic) bond motifs is 3. The Labute approximate surface area is 158 Å². The number of halogens is 1. The van der Waals surface area contributed by atoms with Crippen molar-refractivity contribution < 1.29 is 9.53 Å². The molecule has 0 unspecified atom stereocenters. The van der Waals surface area contributed by atoms with E-state index in [-0.39, 0.29) is 5.97 Å². The maximum absolute atomic E-state index is 11.6. The van der Waals surface area contributed by atoms with Gasteiger partial charge < -0.3 is 15.0 Å². The Morgan fingerprint density at radius 3 is 3.12 bits per heavy atom. The highest BCUT2D eigenvalue weighted by molar-refractivity contribution is 9.10. The van der Waals surface area contributed by atoms with Crippen LogP contribution in [-0.4, -0.2) is 18.1 Å². The SMILES string of the molecule is COC(=O)c1ccc(CN[C@@H]2CCCc3c2[nH]c2ccc(Br)cc32)s1. The molecule has 0 aliphatic heterocycles. The molecule has 2 N–H and O–H groups in total. The number of benzene rings is 1. The highest BCUT2D eigenvalue weighted by Gasteiger charge is 2.24. The van der Waals surface area contributed by atoms with Crippen LogP contribution in [0.2, 0.25) is 0 Å². The number of aromatic nitrogens is 1. The zero-order valence-electron chi connectivity index (χ0n) is 13.9. The van der Waals surface area contributed by atoms with Crippen LogP contribution >= 0.6 is 27.3 Å². The van der Waals surface area contributed by atoms with Gasteiger partial charge in [-0.15, -0.1) is 11.3 Å². The summed E-state index contributed by atoms with van der Waals surface area (Å²) in [6, 6.07) is 10.6. The van der Waals surface area contributed by atoms with Gasteiger partial charge in [-0.2, -0.15) is 0 Å². The molecule has 0 radical (unpaired) electrons. The van der Waals surface area contributed by atoms with Gasteiger partial charge in [-0.05, 0) is 55.2 Å². The molecule has 1 atom stereocenters. The number of nitrogens with one attached hydrogen (secondary N) is 2. The number of H-pyrrole nitrogens is 1. The molecule has 25 heavy (non-hydrogen) atoms. The quantitative estimate of drug-likeness (QED) is 0.589. The summed E-state index contributed by atoms with van der Waals surface area (Å²) in [4.78, 5) is 17.0. The van der Waals surface area contributed by atoms with Gasteiger partial charge in [0.25, 0.3) is 0 Å². The van der Waals surface area contributed by atoms with E-state index in [0.717, 1.165) is 28.7 Å². The third-order valence-corrected chi connectivity index (χ3v) is 6.30. The minimum atomic E-state index is -0.266. The van der Waals surface area contributed by atoms with Crippen LogP contribution < -0.4 is 5.32 Å². The summed E-state index contributed by atoms with van der Waals surface area (Å²) in [7, 11) is 1.41. The Morgan fingerprint density at radius 1 is 1.40 bits per heavy atom. The van der Waals surface area contributed by atoms with E-state index < -0.39 is 0 Å². The second-order valence-electron chi connectivity index (χ2n) is 6.29. The molecule has 0 saturated heterocycles. The minimum Gasteiger partial charge on any atom is -0.465 e. The van der Waals surface area contributed by atoms with Gasteiger partial charge in [0, 0.05) is 38.5 Å². The van der Waals surface area contributed by atoms with Gasteiger partial charge in [-0.25, -0.2) is 4.79 Å². The maximum Gasteiger partial charge on any atom is 0.348 e. The molecule has 0 bridgehead atoms. The van der Waals surface area contributed by atoms with Crippen molar-refractivity contribution in [1.82, 2.24) is 10.3 Å². The fraction of sp³-hybridized carbons (Fsp3) is 0.316. The van der Waals surface area contributed by atoms with Crippen molar-refractivity contribution in [3.8, 4) is 0 Å². The summed E-state index contributed by atoms with van der Waals surface area (Å²) in [5.41, 5.74) is 3.94. The summed E-state index contributed by atoms with van der Waals surface area (Å²) >= 11 is 5.06. The Hall–Kier alpha value is -1.63. The smallest absolute Gasteiger partial charge is 0.348 e. The van der Waals surface area contributed by atoms with E-state index in [1.165, 1.54) is 47.0 Å². The number of carbonyl (C=O) groups is 1. The number of ether oxygens (including phenoxy) is 1. The van der Waals surface area contributed by atoms with Crippen LogP contribution in [0.3, 0.4) is 0 Å². The Kier molecular flexibility index (Phi) is 4.67. The molecular weight excluding hydrogens is 400 g/mol. The topological polar surface area (TPSA) is 54.1 Å². The Balaban J connectivity index is 1.54. The number of methoxy groups -OCH3 is 1. The van der Waals surface area contributed by atoms with Crippen molar-refractivity contribution in [2.24, 2.45) is 0 Å². The van der Waals surface area contributed by atoms with Gasteiger partial charge in [0.15, 0.2) is 0 Å². The standard InChI is InChI=1S/C19H19BrN2O2S/c1-24-19(23)17-8-6-12(25-17)10-21-16-4-2-3-13-14-9-11(20)5-7-15(14)22-18(13)16/h5-9,16,21-22H,2-4,10H2,1H3/t16-/m1/s1. The minimum absolute atomic E-state index is 0.266. The van der Waals surface area contributed by atoms with Crippen molar-refractivity contribution in [3.63, 3.8) is 0 Å². The third-order valence-electron chi connectivity index (χ3n) is 4.74. The third kappa shape index (κ3) is 3.26. The normalized spacial score (nSPS) is 16.8. The van der Waals surface area contributed by atoms with E-state index in [1.807, 2.05) is 12.1 Å². The number of thiophene rings is 1. The monoisotopic (exact) mass is 418 g/mol. The van der Waals surface area contributed by atoms with Crippen molar-refractivity contribution in [3.05, 3.63) is 55.8 Å². The molecule has 4 nitrogen and oxygen atoms in total. The summed E-state index contributed by atoms with van der Waals surface area (Å²) in [5, 5.41) is 4.97. The first-order valence-electron chi connectivity index (χ1n) is 8.36. The van der Waals surface area contributed by atoms with Gasteiger partial charge in [-0.1, -0.05) is 15.9 Å². The van der Waals surface area contributed by atoms with Crippen LogP contribution in [0.5, 0.6) is 0 Å². The summed E-state index contributed by atoms with van der Waals surface area (Å²) in [5.74, 6) is -0.266. The Morgan fingerprint density at radius 2 is 2.28 bits per heavy atom. The van der Waals surface area contributed by atoms with E-state index in [1.54, 1.807) is 0 Å². The number of aryl methyl sites for hydroxylation is 1. The van der Waals surface area contributed by atoms with Gasteiger partial charge in [0.2, 0.25) is 0 Å². The molecule has 3 aromatic rings. The van der Waals surface area contributed by atoms with Crippen LogP contribution in [0.1, 0.15) is 44.7 Å². The molecule has 0 spiro atoms. The van der Waals surface area contributed by atoms with Crippen LogP contribution in [0.25, 0.3) is 10.9 Å². The molecule has 6 heteroatoms. The van der Waals surface area contributed by atoms with Crippen LogP contribution in [0.15, 0.2) is 34.8 Å². The highest BCUT2D eigenvalue weighted by Crippen LogP contribution is 2.36. The summed E-state index contributed by atoms with van der Waals surface area (Å²) < 4.78 is 5.89. The molecule has 1 aliphatic carbocycles. The van der Waals surface area contributed by atoms with Crippen molar-refractivity contribution in [2.75, 3.05) is 7.11 Å².